The minimum Gasteiger partial charge on any atom is -0.0622 e. The van der Waals surface area contributed by atoms with Crippen LogP contribution in [0.5, 0.6) is 0 Å². The van der Waals surface area contributed by atoms with Crippen molar-refractivity contribution in [2.75, 3.05) is 0 Å². The van der Waals surface area contributed by atoms with Crippen LogP contribution in [0.2, 0.25) is 0 Å². The van der Waals surface area contributed by atoms with E-state index < -0.39 is 0 Å². The predicted molar refractivity (Wildman–Crippen MR) is 74.5 cm³/mol. The Morgan fingerprint density at radius 3 is 2.18 bits per heavy atom. The van der Waals surface area contributed by atoms with Crippen molar-refractivity contribution in [1.29, 1.82) is 0 Å². The zero-order valence-corrected chi connectivity index (χ0v) is 10.9. The van der Waals surface area contributed by atoms with E-state index in [1.165, 1.54) is 22.3 Å². The fourth-order valence-electron chi connectivity index (χ4n) is 2.33. The summed E-state index contributed by atoms with van der Waals surface area (Å²) in [7, 11) is 0. The highest BCUT2D eigenvalue weighted by Gasteiger charge is 2.04. The van der Waals surface area contributed by atoms with Crippen LogP contribution in [0.15, 0.2) is 48.5 Å². The first-order valence-corrected chi connectivity index (χ1v) is 6.30. The molecule has 0 amide bonds. The quantitative estimate of drug-likeness (QED) is 0.708. The van der Waals surface area contributed by atoms with E-state index in [1.54, 1.807) is 0 Å². The third-order valence-electron chi connectivity index (χ3n) is 3.21. The molecule has 0 saturated carbocycles. The molecular weight excluding hydrogens is 204 g/mol. The van der Waals surface area contributed by atoms with Crippen LogP contribution in [-0.4, -0.2) is 0 Å². The van der Waals surface area contributed by atoms with Crippen molar-refractivity contribution < 1.29 is 0 Å². The molecule has 0 aliphatic heterocycles. The summed E-state index contributed by atoms with van der Waals surface area (Å²) in [6, 6.07) is 17.5. The number of rotatable bonds is 3. The van der Waals surface area contributed by atoms with E-state index in [1.807, 2.05) is 0 Å². The number of aryl methyl sites for hydroxylation is 1. The summed E-state index contributed by atoms with van der Waals surface area (Å²) in [5.74, 6) is 0.612. The highest BCUT2D eigenvalue weighted by molar-refractivity contribution is 5.35. The first kappa shape index (κ1) is 11.9. The van der Waals surface area contributed by atoms with Crippen molar-refractivity contribution in [1.82, 2.24) is 0 Å². The molecule has 0 aliphatic carbocycles. The number of hydrogen-bond acceptors (Lipinski definition) is 0. The smallest absolute Gasteiger partial charge is 0.00257 e. The predicted octanol–water partition coefficient (Wildman–Crippen LogP) is 4.71. The van der Waals surface area contributed by atoms with E-state index in [2.05, 4.69) is 69.3 Å². The zero-order valence-electron chi connectivity index (χ0n) is 10.9. The third-order valence-corrected chi connectivity index (χ3v) is 3.21. The van der Waals surface area contributed by atoms with Gasteiger partial charge in [-0.2, -0.15) is 0 Å². The van der Waals surface area contributed by atoms with Gasteiger partial charge in [0.2, 0.25) is 0 Å². The monoisotopic (exact) mass is 224 g/mol. The molecule has 88 valence electrons. The molecule has 0 aromatic heterocycles. The van der Waals surface area contributed by atoms with Gasteiger partial charge < -0.3 is 0 Å². The Hall–Kier alpha value is -1.56. The van der Waals surface area contributed by atoms with Crippen LogP contribution in [0.25, 0.3) is 0 Å². The molecule has 0 heteroatoms. The Bertz CT molecular complexity index is 481. The second kappa shape index (κ2) is 5.18. The molecule has 0 N–H and O–H groups in total. The maximum Gasteiger partial charge on any atom is -0.00257 e. The standard InChI is InChI=1S/C17H20/c1-13(2)17-10-9-16(11-14(17)3)12-15-7-5-4-6-8-15/h4-11,13H,12H2,1-3H3. The average molecular weight is 224 g/mol. The summed E-state index contributed by atoms with van der Waals surface area (Å²) in [4.78, 5) is 0. The second-order valence-corrected chi connectivity index (χ2v) is 5.01. The van der Waals surface area contributed by atoms with Gasteiger partial charge in [-0.25, -0.2) is 0 Å². The zero-order chi connectivity index (χ0) is 12.3. The minimum absolute atomic E-state index is 0.612. The molecule has 0 heterocycles. The van der Waals surface area contributed by atoms with Crippen molar-refractivity contribution in [2.24, 2.45) is 0 Å². The molecule has 0 aliphatic rings. The number of hydrogen-bond donors (Lipinski definition) is 0. The summed E-state index contributed by atoms with van der Waals surface area (Å²) in [5.41, 5.74) is 5.65. The van der Waals surface area contributed by atoms with Crippen molar-refractivity contribution in [3.8, 4) is 0 Å². The summed E-state index contributed by atoms with van der Waals surface area (Å²) in [6.07, 6.45) is 1.03. The highest BCUT2D eigenvalue weighted by atomic mass is 14.1. The molecule has 0 bridgehead atoms. The molecule has 0 saturated heterocycles. The molecule has 2 aromatic rings. The lowest BCUT2D eigenvalue weighted by atomic mass is 9.94. The Labute approximate surface area is 104 Å². The molecule has 2 aromatic carbocycles. The van der Waals surface area contributed by atoms with Gasteiger partial charge in [0.05, 0.1) is 0 Å². The van der Waals surface area contributed by atoms with Gasteiger partial charge in [-0.05, 0) is 41.5 Å². The van der Waals surface area contributed by atoms with Crippen molar-refractivity contribution in [2.45, 2.75) is 33.1 Å². The molecule has 0 nitrogen and oxygen atoms in total. The molecule has 0 radical (unpaired) electrons. The van der Waals surface area contributed by atoms with Gasteiger partial charge in [-0.1, -0.05) is 62.4 Å². The summed E-state index contributed by atoms with van der Waals surface area (Å²) in [6.45, 7) is 6.71. The Balaban J connectivity index is 2.21. The first-order chi connectivity index (χ1) is 8.16. The lowest BCUT2D eigenvalue weighted by Gasteiger charge is -2.11. The van der Waals surface area contributed by atoms with E-state index in [0.29, 0.717) is 5.92 Å². The lowest BCUT2D eigenvalue weighted by Crippen LogP contribution is -1.95. The summed E-state index contributed by atoms with van der Waals surface area (Å²) in [5, 5.41) is 0. The largest absolute Gasteiger partial charge is 0.0622 e. The van der Waals surface area contributed by atoms with E-state index in [0.717, 1.165) is 6.42 Å². The van der Waals surface area contributed by atoms with E-state index in [9.17, 15) is 0 Å². The van der Waals surface area contributed by atoms with Crippen LogP contribution in [0, 0.1) is 6.92 Å². The lowest BCUT2D eigenvalue weighted by molar-refractivity contribution is 0.855. The molecule has 0 spiro atoms. The normalized spacial score (nSPS) is 10.8. The summed E-state index contributed by atoms with van der Waals surface area (Å²) < 4.78 is 0. The van der Waals surface area contributed by atoms with Gasteiger partial charge in [-0.15, -0.1) is 0 Å². The van der Waals surface area contributed by atoms with Gasteiger partial charge in [0.1, 0.15) is 0 Å². The molecule has 0 fully saturated rings. The fraction of sp³-hybridized carbons (Fsp3) is 0.294. The Kier molecular flexibility index (Phi) is 3.63. The average Bonchev–Trinajstić information content (AvgIpc) is 2.30. The van der Waals surface area contributed by atoms with Crippen LogP contribution in [0.3, 0.4) is 0 Å². The number of benzene rings is 2. The van der Waals surface area contributed by atoms with Gasteiger partial charge in [0, 0.05) is 0 Å². The van der Waals surface area contributed by atoms with Crippen molar-refractivity contribution in [3.63, 3.8) is 0 Å². The van der Waals surface area contributed by atoms with Crippen LogP contribution in [-0.2, 0) is 6.42 Å². The fourth-order valence-corrected chi connectivity index (χ4v) is 2.33. The van der Waals surface area contributed by atoms with Crippen LogP contribution in [0.1, 0.15) is 42.0 Å². The molecule has 17 heavy (non-hydrogen) atoms. The van der Waals surface area contributed by atoms with E-state index >= 15 is 0 Å². The van der Waals surface area contributed by atoms with Crippen LogP contribution in [0.4, 0.5) is 0 Å². The minimum atomic E-state index is 0.612. The highest BCUT2D eigenvalue weighted by Crippen LogP contribution is 2.21. The Morgan fingerprint density at radius 1 is 0.882 bits per heavy atom. The van der Waals surface area contributed by atoms with Crippen LogP contribution >= 0.6 is 0 Å². The van der Waals surface area contributed by atoms with E-state index in [-0.39, 0.29) is 0 Å². The van der Waals surface area contributed by atoms with Gasteiger partial charge >= 0.3 is 0 Å². The van der Waals surface area contributed by atoms with E-state index in [4.69, 9.17) is 0 Å². The van der Waals surface area contributed by atoms with Gasteiger partial charge in [0.25, 0.3) is 0 Å². The molecular formula is C17H20. The maximum absolute atomic E-state index is 2.32. The first-order valence-electron chi connectivity index (χ1n) is 6.30. The van der Waals surface area contributed by atoms with Crippen LogP contribution < -0.4 is 0 Å². The van der Waals surface area contributed by atoms with Crippen molar-refractivity contribution in [3.05, 3.63) is 70.8 Å². The third kappa shape index (κ3) is 2.97. The summed E-state index contributed by atoms with van der Waals surface area (Å²) >= 11 is 0. The SMILES string of the molecule is Cc1cc(Cc2ccccc2)ccc1C(C)C. The maximum atomic E-state index is 2.32. The topological polar surface area (TPSA) is 0 Å². The Morgan fingerprint density at radius 2 is 1.59 bits per heavy atom. The second-order valence-electron chi connectivity index (χ2n) is 5.01. The molecule has 0 atom stereocenters. The van der Waals surface area contributed by atoms with Crippen molar-refractivity contribution >= 4 is 0 Å². The molecule has 2 rings (SSSR count). The molecule has 0 unspecified atom stereocenters. The van der Waals surface area contributed by atoms with Gasteiger partial charge in [0.15, 0.2) is 0 Å². The van der Waals surface area contributed by atoms with Gasteiger partial charge in [-0.3, -0.25) is 0 Å².